The molecule has 0 radical (unpaired) electrons. The molecule has 1 aromatic heterocycles. The third-order valence-corrected chi connectivity index (χ3v) is 7.63. The number of amides is 1. The van der Waals surface area contributed by atoms with Crippen LogP contribution in [0.1, 0.15) is 38.1 Å². The lowest BCUT2D eigenvalue weighted by atomic mass is 9.87. The van der Waals surface area contributed by atoms with Gasteiger partial charge in [0.15, 0.2) is 12.4 Å². The fraction of sp³-hybridized carbons (Fsp3) is 0.556. The Morgan fingerprint density at radius 3 is 2.40 bits per heavy atom. The molecular weight excluding hydrogens is 527 g/mol. The van der Waals surface area contributed by atoms with Crippen LogP contribution in [0.5, 0.6) is 0 Å². The van der Waals surface area contributed by atoms with Crippen molar-refractivity contribution >= 4 is 34.9 Å². The van der Waals surface area contributed by atoms with Crippen molar-refractivity contribution in [1.82, 2.24) is 14.9 Å². The first-order valence-electron chi connectivity index (χ1n) is 13.3. The number of ether oxygens (including phenoxy) is 2. The van der Waals surface area contributed by atoms with Crippen molar-refractivity contribution in [3.63, 3.8) is 0 Å². The van der Waals surface area contributed by atoms with Crippen LogP contribution in [0.25, 0.3) is 0 Å². The second-order valence-electron chi connectivity index (χ2n) is 10.9. The van der Waals surface area contributed by atoms with Crippen LogP contribution in [0.4, 0.5) is 36.2 Å². The first-order chi connectivity index (χ1) is 18.9. The second-order valence-corrected chi connectivity index (χ2v) is 10.9. The maximum absolute atomic E-state index is 13.8. The highest BCUT2D eigenvalue weighted by molar-refractivity contribution is 6.12. The molecule has 0 bridgehead atoms. The number of likely N-dealkylation sites (tertiary alicyclic amines) is 1. The first kappa shape index (κ1) is 27.9. The average Bonchev–Trinajstić information content (AvgIpc) is 3.50. The minimum atomic E-state index is -4.45. The topological polar surface area (TPSA) is 98.1 Å². The molecule has 13 heteroatoms. The van der Waals surface area contributed by atoms with Gasteiger partial charge >= 0.3 is 6.18 Å². The number of rotatable bonds is 5. The zero-order valence-electron chi connectivity index (χ0n) is 23.1. The zero-order valence-corrected chi connectivity index (χ0v) is 23.1. The minimum absolute atomic E-state index is 0.0775. The van der Waals surface area contributed by atoms with E-state index in [2.05, 4.69) is 14.9 Å². The highest BCUT2D eigenvalue weighted by Crippen LogP contribution is 2.48. The summed E-state index contributed by atoms with van der Waals surface area (Å²) in [6, 6.07) is 5.37. The van der Waals surface area contributed by atoms with Crippen LogP contribution in [-0.4, -0.2) is 86.0 Å². The van der Waals surface area contributed by atoms with E-state index in [0.717, 1.165) is 23.7 Å². The van der Waals surface area contributed by atoms with Gasteiger partial charge in [0, 0.05) is 39.4 Å². The Hall–Kier alpha value is -3.61. The maximum Gasteiger partial charge on any atom is 0.408 e. The van der Waals surface area contributed by atoms with Crippen LogP contribution in [0.2, 0.25) is 0 Å². The van der Waals surface area contributed by atoms with Gasteiger partial charge in [0.05, 0.1) is 29.9 Å². The molecule has 2 saturated heterocycles. The molecule has 3 aliphatic rings. The molecule has 4 heterocycles. The zero-order chi connectivity index (χ0) is 28.8. The van der Waals surface area contributed by atoms with Crippen LogP contribution in [0.3, 0.4) is 0 Å². The average molecular weight is 562 g/mol. The Morgan fingerprint density at radius 1 is 1.12 bits per heavy atom. The molecule has 1 aromatic carbocycles. The van der Waals surface area contributed by atoms with Gasteiger partial charge in [-0.2, -0.15) is 13.2 Å². The molecule has 10 nitrogen and oxygen atoms in total. The van der Waals surface area contributed by atoms with Crippen LogP contribution in [0, 0.1) is 5.41 Å². The molecule has 0 aliphatic carbocycles. The largest absolute Gasteiger partial charge is 0.457 e. The number of nitrogens with one attached hydrogen (secondary N) is 1. The molecule has 1 atom stereocenters. The van der Waals surface area contributed by atoms with E-state index in [1.807, 2.05) is 38.1 Å². The SMILES string of the molecule is CN(C)c1nc(COC(=N)N2CCC[C@@H]2C(F)(F)F)nc2c1C(C)(C)C(=O)N2c1ccc(N2CCOCC2)cc1. The Morgan fingerprint density at radius 2 is 1.77 bits per heavy atom. The van der Waals surface area contributed by atoms with E-state index in [9.17, 15) is 18.0 Å². The summed E-state index contributed by atoms with van der Waals surface area (Å²) in [5, 5.41) is 8.17. The van der Waals surface area contributed by atoms with E-state index in [1.165, 1.54) is 0 Å². The van der Waals surface area contributed by atoms with Crippen molar-refractivity contribution in [2.24, 2.45) is 0 Å². The number of alkyl halides is 3. The van der Waals surface area contributed by atoms with Gasteiger partial charge in [0.1, 0.15) is 17.7 Å². The van der Waals surface area contributed by atoms with Crippen molar-refractivity contribution in [2.45, 2.75) is 50.9 Å². The monoisotopic (exact) mass is 561 g/mol. The van der Waals surface area contributed by atoms with Crippen molar-refractivity contribution in [3.8, 4) is 0 Å². The standard InChI is InChI=1S/C27H34F3N7O3/c1-26(2)21-22(34(3)4)32-20(16-40-25(31)36-11-5-6-19(36)27(28,29)30)33-23(21)37(24(26)38)18-9-7-17(8-10-18)35-12-14-39-15-13-35/h7-10,19,31H,5-6,11-16H2,1-4H3/t19-/m1/s1. The molecule has 1 amide bonds. The third kappa shape index (κ3) is 5.02. The Balaban J connectivity index is 1.44. The van der Waals surface area contributed by atoms with Gasteiger partial charge in [-0.25, -0.2) is 9.97 Å². The van der Waals surface area contributed by atoms with Gasteiger partial charge in [-0.3, -0.25) is 15.1 Å². The fourth-order valence-corrected chi connectivity index (χ4v) is 5.51. The van der Waals surface area contributed by atoms with Gasteiger partial charge in [0.2, 0.25) is 5.91 Å². The van der Waals surface area contributed by atoms with Gasteiger partial charge in [-0.05, 0) is 51.0 Å². The first-order valence-corrected chi connectivity index (χ1v) is 13.3. The summed E-state index contributed by atoms with van der Waals surface area (Å²) >= 11 is 0. The van der Waals surface area contributed by atoms with Crippen LogP contribution in [-0.2, 0) is 26.3 Å². The summed E-state index contributed by atoms with van der Waals surface area (Å²) in [6.45, 7) is 6.32. The predicted molar refractivity (Wildman–Crippen MR) is 144 cm³/mol. The summed E-state index contributed by atoms with van der Waals surface area (Å²) in [7, 11) is 3.60. The molecule has 5 rings (SSSR count). The molecule has 0 saturated carbocycles. The highest BCUT2D eigenvalue weighted by atomic mass is 19.4. The molecule has 3 aliphatic heterocycles. The third-order valence-electron chi connectivity index (χ3n) is 7.63. The number of fused-ring (bicyclic) bond motifs is 1. The van der Waals surface area contributed by atoms with Crippen LogP contribution in [0.15, 0.2) is 24.3 Å². The Kier molecular flexibility index (Phi) is 7.28. The molecule has 0 spiro atoms. The summed E-state index contributed by atoms with van der Waals surface area (Å²) in [6.07, 6.45) is -4.20. The van der Waals surface area contributed by atoms with E-state index >= 15 is 0 Å². The number of halogens is 3. The number of nitrogens with zero attached hydrogens (tertiary/aromatic N) is 6. The number of carbonyl (C=O) groups excluding carboxylic acids is 1. The van der Waals surface area contributed by atoms with Crippen LogP contribution >= 0.6 is 0 Å². The van der Waals surface area contributed by atoms with Crippen molar-refractivity contribution in [2.75, 3.05) is 61.6 Å². The molecule has 0 unspecified atom stereocenters. The lowest BCUT2D eigenvalue weighted by molar-refractivity contribution is -0.169. The summed E-state index contributed by atoms with van der Waals surface area (Å²) in [5.74, 6) is 0.896. The highest BCUT2D eigenvalue weighted by Gasteiger charge is 2.49. The van der Waals surface area contributed by atoms with Gasteiger partial charge < -0.3 is 24.2 Å². The molecule has 216 valence electrons. The fourth-order valence-electron chi connectivity index (χ4n) is 5.51. The number of amidine groups is 1. The Bertz CT molecular complexity index is 1280. The number of hydrogen-bond donors (Lipinski definition) is 1. The summed E-state index contributed by atoms with van der Waals surface area (Å²) in [4.78, 5) is 29.5. The lowest BCUT2D eigenvalue weighted by Gasteiger charge is -2.29. The normalized spacial score (nSPS) is 20.6. The number of morpholine rings is 1. The van der Waals surface area contributed by atoms with E-state index in [4.69, 9.17) is 14.9 Å². The van der Waals surface area contributed by atoms with Gasteiger partial charge in [-0.1, -0.05) is 0 Å². The number of carbonyl (C=O) groups is 1. The van der Waals surface area contributed by atoms with Crippen molar-refractivity contribution in [1.29, 1.82) is 5.41 Å². The smallest absolute Gasteiger partial charge is 0.408 e. The molecule has 40 heavy (non-hydrogen) atoms. The number of anilines is 4. The van der Waals surface area contributed by atoms with Gasteiger partial charge in [0.25, 0.3) is 6.02 Å². The molecule has 1 N–H and O–H groups in total. The number of hydrogen-bond acceptors (Lipinski definition) is 8. The van der Waals surface area contributed by atoms with Crippen LogP contribution < -0.4 is 14.7 Å². The lowest BCUT2D eigenvalue weighted by Crippen LogP contribution is -2.45. The van der Waals surface area contributed by atoms with E-state index in [0.29, 0.717) is 42.5 Å². The molecule has 2 aromatic rings. The summed E-state index contributed by atoms with van der Waals surface area (Å²) < 4.78 is 51.1. The van der Waals surface area contributed by atoms with Gasteiger partial charge in [-0.15, -0.1) is 0 Å². The number of benzene rings is 1. The van der Waals surface area contributed by atoms with E-state index in [1.54, 1.807) is 23.9 Å². The quantitative estimate of drug-likeness (QED) is 0.435. The molecular formula is C27H34F3N7O3. The Labute approximate surface area is 231 Å². The number of aromatic nitrogens is 2. The predicted octanol–water partition coefficient (Wildman–Crippen LogP) is 3.81. The second kappa shape index (κ2) is 10.4. The van der Waals surface area contributed by atoms with E-state index < -0.39 is 23.7 Å². The van der Waals surface area contributed by atoms with Crippen molar-refractivity contribution < 1.29 is 27.4 Å². The van der Waals surface area contributed by atoms with Crippen molar-refractivity contribution in [3.05, 3.63) is 35.7 Å². The maximum atomic E-state index is 13.8. The van der Waals surface area contributed by atoms with E-state index in [-0.39, 0.29) is 31.3 Å². The molecule has 2 fully saturated rings. The summed E-state index contributed by atoms with van der Waals surface area (Å²) in [5.41, 5.74) is 1.39. The minimum Gasteiger partial charge on any atom is -0.457 e.